The van der Waals surface area contributed by atoms with Crippen LogP contribution in [0.3, 0.4) is 0 Å². The summed E-state index contributed by atoms with van der Waals surface area (Å²) in [5, 5.41) is 15.4. The lowest BCUT2D eigenvalue weighted by Gasteiger charge is -2.30. The maximum Gasteiger partial charge on any atom is 0.315 e. The molecule has 0 spiro atoms. The summed E-state index contributed by atoms with van der Waals surface area (Å²) in [5.41, 5.74) is 0. The lowest BCUT2D eigenvalue weighted by Crippen LogP contribution is -2.46. The van der Waals surface area contributed by atoms with Crippen LogP contribution in [0, 0.1) is 5.92 Å². The Hall–Kier alpha value is -0.810. The van der Waals surface area contributed by atoms with Crippen LogP contribution in [0.5, 0.6) is 0 Å². The van der Waals surface area contributed by atoms with Crippen LogP contribution < -0.4 is 10.6 Å². The molecular weight excluding hydrogens is 254 g/mol. The van der Waals surface area contributed by atoms with E-state index in [1.54, 1.807) is 0 Å². The second-order valence-corrected chi connectivity index (χ2v) is 6.43. The molecule has 2 amide bonds. The number of nitrogens with one attached hydrogen (secondary N) is 2. The third kappa shape index (κ3) is 5.29. The molecule has 0 aromatic heterocycles. The van der Waals surface area contributed by atoms with Crippen molar-refractivity contribution >= 4 is 6.03 Å². The first-order valence-corrected chi connectivity index (χ1v) is 8.08. The number of urea groups is 1. The molecule has 1 heterocycles. The van der Waals surface area contributed by atoms with Crippen LogP contribution in [-0.4, -0.2) is 54.4 Å². The van der Waals surface area contributed by atoms with E-state index in [4.69, 9.17) is 0 Å². The Labute approximate surface area is 122 Å². The number of rotatable bonds is 4. The van der Waals surface area contributed by atoms with Gasteiger partial charge >= 0.3 is 6.03 Å². The summed E-state index contributed by atoms with van der Waals surface area (Å²) in [5.74, 6) is 0.851. The van der Waals surface area contributed by atoms with Gasteiger partial charge in [-0.1, -0.05) is 6.92 Å². The molecule has 1 saturated carbocycles. The molecule has 0 radical (unpaired) electrons. The molecule has 5 nitrogen and oxygen atoms in total. The van der Waals surface area contributed by atoms with Gasteiger partial charge in [0.2, 0.25) is 0 Å². The van der Waals surface area contributed by atoms with Crippen molar-refractivity contribution in [2.75, 3.05) is 26.2 Å². The minimum atomic E-state index is -0.169. The molecule has 0 atom stereocenters. The quantitative estimate of drug-likeness (QED) is 0.729. The van der Waals surface area contributed by atoms with Gasteiger partial charge < -0.3 is 20.6 Å². The van der Waals surface area contributed by atoms with Gasteiger partial charge in [-0.3, -0.25) is 0 Å². The van der Waals surface area contributed by atoms with Crippen LogP contribution in [0.1, 0.15) is 45.4 Å². The fourth-order valence-electron chi connectivity index (χ4n) is 3.07. The van der Waals surface area contributed by atoms with Crippen molar-refractivity contribution < 1.29 is 9.90 Å². The third-order valence-corrected chi connectivity index (χ3v) is 4.62. The van der Waals surface area contributed by atoms with Crippen LogP contribution >= 0.6 is 0 Å². The van der Waals surface area contributed by atoms with Crippen molar-refractivity contribution in [2.24, 2.45) is 5.92 Å². The molecule has 0 unspecified atom stereocenters. The molecular formula is C15H29N3O2. The minimum Gasteiger partial charge on any atom is -0.393 e. The van der Waals surface area contributed by atoms with Crippen LogP contribution in [0.25, 0.3) is 0 Å². The number of aliphatic hydroxyl groups is 1. The molecule has 2 rings (SSSR count). The second kappa shape index (κ2) is 7.84. The van der Waals surface area contributed by atoms with Crippen molar-refractivity contribution in [1.82, 2.24) is 15.5 Å². The van der Waals surface area contributed by atoms with Gasteiger partial charge in [-0.15, -0.1) is 0 Å². The van der Waals surface area contributed by atoms with Crippen LogP contribution in [0.4, 0.5) is 4.79 Å². The van der Waals surface area contributed by atoms with Crippen molar-refractivity contribution in [3.05, 3.63) is 0 Å². The van der Waals surface area contributed by atoms with Crippen molar-refractivity contribution in [3.8, 4) is 0 Å². The zero-order chi connectivity index (χ0) is 14.4. The van der Waals surface area contributed by atoms with E-state index < -0.39 is 0 Å². The summed E-state index contributed by atoms with van der Waals surface area (Å²) in [6.45, 7) is 6.29. The molecule has 1 aliphatic heterocycles. The molecule has 0 aromatic rings. The summed E-state index contributed by atoms with van der Waals surface area (Å²) < 4.78 is 0. The summed E-state index contributed by atoms with van der Waals surface area (Å²) in [6.07, 6.45) is 5.76. The summed E-state index contributed by atoms with van der Waals surface area (Å²) >= 11 is 0. The van der Waals surface area contributed by atoms with E-state index in [9.17, 15) is 9.90 Å². The Balaban J connectivity index is 1.54. The first-order chi connectivity index (χ1) is 9.63. The van der Waals surface area contributed by atoms with E-state index >= 15 is 0 Å². The van der Waals surface area contributed by atoms with Crippen molar-refractivity contribution in [1.29, 1.82) is 0 Å². The monoisotopic (exact) mass is 283 g/mol. The van der Waals surface area contributed by atoms with Gasteiger partial charge in [-0.05, 0) is 57.5 Å². The number of likely N-dealkylation sites (tertiary alicyclic amines) is 1. The Morgan fingerprint density at radius 1 is 1.15 bits per heavy atom. The maximum absolute atomic E-state index is 11.8. The van der Waals surface area contributed by atoms with Crippen LogP contribution in [-0.2, 0) is 0 Å². The SMILES string of the molecule is CC1CCN(CCNC(=O)NC2CCC(O)CC2)CC1. The highest BCUT2D eigenvalue weighted by Crippen LogP contribution is 2.18. The molecule has 2 aliphatic rings. The first kappa shape index (κ1) is 15.6. The molecule has 116 valence electrons. The van der Waals surface area contributed by atoms with E-state index in [2.05, 4.69) is 22.5 Å². The lowest BCUT2D eigenvalue weighted by molar-refractivity contribution is 0.117. The van der Waals surface area contributed by atoms with Gasteiger partial charge in [0.15, 0.2) is 0 Å². The van der Waals surface area contributed by atoms with Gasteiger partial charge in [0.25, 0.3) is 0 Å². The van der Waals surface area contributed by atoms with Gasteiger partial charge in [0, 0.05) is 19.1 Å². The Morgan fingerprint density at radius 3 is 2.45 bits per heavy atom. The summed E-state index contributed by atoms with van der Waals surface area (Å²) in [7, 11) is 0. The van der Waals surface area contributed by atoms with E-state index in [-0.39, 0.29) is 18.2 Å². The zero-order valence-corrected chi connectivity index (χ0v) is 12.6. The average molecular weight is 283 g/mol. The molecule has 0 aromatic carbocycles. The average Bonchev–Trinajstić information content (AvgIpc) is 2.44. The maximum atomic E-state index is 11.8. The van der Waals surface area contributed by atoms with Gasteiger partial charge in [0.1, 0.15) is 0 Å². The molecule has 2 fully saturated rings. The Bertz CT molecular complexity index is 295. The second-order valence-electron chi connectivity index (χ2n) is 6.43. The molecule has 5 heteroatoms. The number of carbonyl (C=O) groups is 1. The Morgan fingerprint density at radius 2 is 1.80 bits per heavy atom. The number of piperidine rings is 1. The number of hydrogen-bond acceptors (Lipinski definition) is 3. The predicted octanol–water partition coefficient (Wildman–Crippen LogP) is 1.32. The number of hydrogen-bond donors (Lipinski definition) is 3. The van der Waals surface area contributed by atoms with Gasteiger partial charge in [-0.25, -0.2) is 4.79 Å². The lowest BCUT2D eigenvalue weighted by atomic mass is 9.93. The normalized spacial score (nSPS) is 29.1. The first-order valence-electron chi connectivity index (χ1n) is 8.08. The highest BCUT2D eigenvalue weighted by Gasteiger charge is 2.20. The Kier molecular flexibility index (Phi) is 6.10. The van der Waals surface area contributed by atoms with E-state index in [0.29, 0.717) is 0 Å². The molecule has 1 saturated heterocycles. The minimum absolute atomic E-state index is 0.0585. The number of aliphatic hydroxyl groups excluding tert-OH is 1. The van der Waals surface area contributed by atoms with Gasteiger partial charge in [-0.2, -0.15) is 0 Å². The van der Waals surface area contributed by atoms with E-state index in [1.807, 2.05) is 0 Å². The molecule has 3 N–H and O–H groups in total. The topological polar surface area (TPSA) is 64.6 Å². The fourth-order valence-corrected chi connectivity index (χ4v) is 3.07. The number of nitrogens with zero attached hydrogens (tertiary/aromatic N) is 1. The highest BCUT2D eigenvalue weighted by atomic mass is 16.3. The molecule has 0 bridgehead atoms. The van der Waals surface area contributed by atoms with Crippen molar-refractivity contribution in [3.63, 3.8) is 0 Å². The van der Waals surface area contributed by atoms with E-state index in [1.165, 1.54) is 12.8 Å². The smallest absolute Gasteiger partial charge is 0.315 e. The number of carbonyl (C=O) groups excluding carboxylic acids is 1. The number of amides is 2. The zero-order valence-electron chi connectivity index (χ0n) is 12.6. The third-order valence-electron chi connectivity index (χ3n) is 4.62. The standard InChI is InChI=1S/C15H29N3O2/c1-12-6-9-18(10-7-12)11-8-16-15(20)17-13-2-4-14(19)5-3-13/h12-14,19H,2-11H2,1H3,(H2,16,17,20). The summed E-state index contributed by atoms with van der Waals surface area (Å²) in [4.78, 5) is 14.2. The van der Waals surface area contributed by atoms with Crippen molar-refractivity contribution in [2.45, 2.75) is 57.6 Å². The van der Waals surface area contributed by atoms with E-state index in [0.717, 1.165) is 57.8 Å². The van der Waals surface area contributed by atoms with Crippen LogP contribution in [0.2, 0.25) is 0 Å². The van der Waals surface area contributed by atoms with Crippen LogP contribution in [0.15, 0.2) is 0 Å². The van der Waals surface area contributed by atoms with Gasteiger partial charge in [0.05, 0.1) is 6.10 Å². The molecule has 1 aliphatic carbocycles. The summed E-state index contributed by atoms with van der Waals surface area (Å²) in [6, 6.07) is 0.172. The largest absolute Gasteiger partial charge is 0.393 e. The fraction of sp³-hybridized carbons (Fsp3) is 0.933. The highest BCUT2D eigenvalue weighted by molar-refractivity contribution is 5.74. The molecule has 20 heavy (non-hydrogen) atoms. The predicted molar refractivity (Wildman–Crippen MR) is 79.6 cm³/mol.